The molecule has 0 aliphatic heterocycles. The van der Waals surface area contributed by atoms with Crippen molar-refractivity contribution in [2.24, 2.45) is 5.92 Å². The van der Waals surface area contributed by atoms with E-state index in [1.807, 2.05) is 12.1 Å². The molecule has 0 aromatic heterocycles. The Hall–Kier alpha value is -1.27. The second kappa shape index (κ2) is 7.83. The zero-order chi connectivity index (χ0) is 16.1. The zero-order valence-corrected chi connectivity index (χ0v) is 14.9. The average molecular weight is 315 g/mol. The lowest BCUT2D eigenvalue weighted by molar-refractivity contribution is 0.463. The molecule has 118 valence electrons. The fourth-order valence-corrected chi connectivity index (χ4v) is 3.32. The maximum atomic E-state index is 5.98. The van der Waals surface area contributed by atoms with Crippen molar-refractivity contribution in [2.75, 3.05) is 0 Å². The van der Waals surface area contributed by atoms with Crippen molar-refractivity contribution < 1.29 is 0 Å². The molecule has 0 N–H and O–H groups in total. The molecule has 2 rings (SSSR count). The highest BCUT2D eigenvalue weighted by molar-refractivity contribution is 6.30. The molecule has 2 aromatic carbocycles. The van der Waals surface area contributed by atoms with Crippen LogP contribution in [0.25, 0.3) is 0 Å². The Morgan fingerprint density at radius 1 is 0.818 bits per heavy atom. The van der Waals surface area contributed by atoms with Crippen LogP contribution in [0.15, 0.2) is 48.5 Å². The van der Waals surface area contributed by atoms with Gasteiger partial charge in [-0.3, -0.25) is 0 Å². The molecule has 0 nitrogen and oxygen atoms in total. The molecule has 1 unspecified atom stereocenters. The molecule has 0 spiro atoms. The fraction of sp³-hybridized carbons (Fsp3) is 0.429. The predicted octanol–water partition coefficient (Wildman–Crippen LogP) is 6.84. The van der Waals surface area contributed by atoms with Gasteiger partial charge in [0.15, 0.2) is 0 Å². The molecule has 22 heavy (non-hydrogen) atoms. The number of benzene rings is 2. The van der Waals surface area contributed by atoms with E-state index in [0.717, 1.165) is 11.4 Å². The highest BCUT2D eigenvalue weighted by Crippen LogP contribution is 2.34. The standard InChI is InChI=1S/C21H27Cl/c1-15(2)19-7-5-6-8-21(19)20(16(3)4)14-11-17-9-12-18(22)13-10-17/h5-10,12-13,15-16,20H,11,14H2,1-4H3. The molecular weight excluding hydrogens is 288 g/mol. The quantitative estimate of drug-likeness (QED) is 0.547. The van der Waals surface area contributed by atoms with Gasteiger partial charge in [-0.15, -0.1) is 0 Å². The van der Waals surface area contributed by atoms with Crippen LogP contribution in [-0.4, -0.2) is 0 Å². The highest BCUT2D eigenvalue weighted by Gasteiger charge is 2.19. The summed E-state index contributed by atoms with van der Waals surface area (Å²) in [6, 6.07) is 17.2. The minimum absolute atomic E-state index is 0.577. The van der Waals surface area contributed by atoms with Gasteiger partial charge < -0.3 is 0 Å². The van der Waals surface area contributed by atoms with E-state index in [9.17, 15) is 0 Å². The Morgan fingerprint density at radius 3 is 1.95 bits per heavy atom. The van der Waals surface area contributed by atoms with Crippen molar-refractivity contribution in [3.63, 3.8) is 0 Å². The van der Waals surface area contributed by atoms with Crippen molar-refractivity contribution in [3.8, 4) is 0 Å². The summed E-state index contributed by atoms with van der Waals surface area (Å²) in [5, 5.41) is 0.814. The first-order chi connectivity index (χ1) is 10.5. The monoisotopic (exact) mass is 314 g/mol. The van der Waals surface area contributed by atoms with E-state index in [4.69, 9.17) is 11.6 Å². The molecule has 0 saturated carbocycles. The molecule has 2 aromatic rings. The number of hydrogen-bond acceptors (Lipinski definition) is 0. The van der Waals surface area contributed by atoms with Crippen molar-refractivity contribution in [2.45, 2.75) is 52.4 Å². The van der Waals surface area contributed by atoms with E-state index in [-0.39, 0.29) is 0 Å². The number of rotatable bonds is 6. The van der Waals surface area contributed by atoms with Gasteiger partial charge in [0.2, 0.25) is 0 Å². The minimum Gasteiger partial charge on any atom is -0.0843 e. The van der Waals surface area contributed by atoms with Gasteiger partial charge in [0, 0.05) is 5.02 Å². The van der Waals surface area contributed by atoms with Crippen LogP contribution in [-0.2, 0) is 6.42 Å². The molecule has 0 saturated heterocycles. The summed E-state index contributed by atoms with van der Waals surface area (Å²) in [5.41, 5.74) is 4.40. The molecule has 0 aliphatic carbocycles. The third-order valence-corrected chi connectivity index (χ3v) is 4.73. The molecule has 0 aliphatic rings. The van der Waals surface area contributed by atoms with Crippen LogP contribution in [0.5, 0.6) is 0 Å². The molecule has 1 atom stereocenters. The van der Waals surface area contributed by atoms with Gasteiger partial charge in [-0.2, -0.15) is 0 Å². The van der Waals surface area contributed by atoms with Gasteiger partial charge in [-0.25, -0.2) is 0 Å². The number of hydrogen-bond donors (Lipinski definition) is 0. The summed E-state index contributed by atoms with van der Waals surface area (Å²) in [6.07, 6.45) is 2.29. The Balaban J connectivity index is 2.18. The van der Waals surface area contributed by atoms with Crippen molar-refractivity contribution >= 4 is 11.6 Å². The summed E-state index contributed by atoms with van der Waals surface area (Å²) in [7, 11) is 0. The average Bonchev–Trinajstić information content (AvgIpc) is 2.49. The summed E-state index contributed by atoms with van der Waals surface area (Å²) < 4.78 is 0. The molecular formula is C21H27Cl. The summed E-state index contributed by atoms with van der Waals surface area (Å²) >= 11 is 5.98. The molecule has 0 amide bonds. The Morgan fingerprint density at radius 2 is 1.41 bits per heavy atom. The van der Waals surface area contributed by atoms with Crippen LogP contribution >= 0.6 is 11.6 Å². The van der Waals surface area contributed by atoms with E-state index in [1.165, 1.54) is 23.1 Å². The van der Waals surface area contributed by atoms with E-state index < -0.39 is 0 Å². The van der Waals surface area contributed by atoms with Crippen molar-refractivity contribution in [1.82, 2.24) is 0 Å². The van der Waals surface area contributed by atoms with Gasteiger partial charge in [0.1, 0.15) is 0 Å². The number of halogens is 1. The summed E-state index contributed by atoms with van der Waals surface area (Å²) in [4.78, 5) is 0. The fourth-order valence-electron chi connectivity index (χ4n) is 3.20. The Labute approximate surface area is 140 Å². The van der Waals surface area contributed by atoms with Crippen LogP contribution in [0.4, 0.5) is 0 Å². The van der Waals surface area contributed by atoms with Crippen LogP contribution < -0.4 is 0 Å². The molecule has 0 radical (unpaired) electrons. The summed E-state index contributed by atoms with van der Waals surface area (Å²) in [5.74, 6) is 1.83. The first kappa shape index (κ1) is 17.1. The molecule has 1 heteroatoms. The van der Waals surface area contributed by atoms with Gasteiger partial charge in [-0.1, -0.05) is 75.7 Å². The second-order valence-electron chi connectivity index (χ2n) is 6.80. The van der Waals surface area contributed by atoms with Crippen LogP contribution in [0, 0.1) is 5.92 Å². The van der Waals surface area contributed by atoms with E-state index in [1.54, 1.807) is 0 Å². The lowest BCUT2D eigenvalue weighted by atomic mass is 9.79. The molecule has 0 fully saturated rings. The lowest BCUT2D eigenvalue weighted by Gasteiger charge is -2.25. The van der Waals surface area contributed by atoms with Gasteiger partial charge in [-0.05, 0) is 59.4 Å². The highest BCUT2D eigenvalue weighted by atomic mass is 35.5. The van der Waals surface area contributed by atoms with Gasteiger partial charge in [0.05, 0.1) is 0 Å². The first-order valence-electron chi connectivity index (χ1n) is 8.32. The van der Waals surface area contributed by atoms with Crippen LogP contribution in [0.2, 0.25) is 5.02 Å². The molecule has 0 bridgehead atoms. The maximum absolute atomic E-state index is 5.98. The third-order valence-electron chi connectivity index (χ3n) is 4.48. The normalized spacial score (nSPS) is 12.9. The maximum Gasteiger partial charge on any atom is 0.0406 e. The van der Waals surface area contributed by atoms with Crippen molar-refractivity contribution in [1.29, 1.82) is 0 Å². The third kappa shape index (κ3) is 4.36. The minimum atomic E-state index is 0.577. The van der Waals surface area contributed by atoms with E-state index in [0.29, 0.717) is 17.8 Å². The van der Waals surface area contributed by atoms with Gasteiger partial charge in [0.25, 0.3) is 0 Å². The second-order valence-corrected chi connectivity index (χ2v) is 7.24. The number of aryl methyl sites for hydroxylation is 1. The Kier molecular flexibility index (Phi) is 6.08. The first-order valence-corrected chi connectivity index (χ1v) is 8.70. The summed E-state index contributed by atoms with van der Waals surface area (Å²) in [6.45, 7) is 9.25. The van der Waals surface area contributed by atoms with Crippen LogP contribution in [0.3, 0.4) is 0 Å². The Bertz CT molecular complexity index is 581. The predicted molar refractivity (Wildman–Crippen MR) is 97.9 cm³/mol. The lowest BCUT2D eigenvalue weighted by Crippen LogP contribution is -2.11. The topological polar surface area (TPSA) is 0 Å². The van der Waals surface area contributed by atoms with Crippen LogP contribution in [0.1, 0.15) is 62.6 Å². The SMILES string of the molecule is CC(C)c1ccccc1C(CCc1ccc(Cl)cc1)C(C)C. The van der Waals surface area contributed by atoms with E-state index >= 15 is 0 Å². The zero-order valence-electron chi connectivity index (χ0n) is 14.1. The largest absolute Gasteiger partial charge is 0.0843 e. The smallest absolute Gasteiger partial charge is 0.0406 e. The van der Waals surface area contributed by atoms with E-state index in [2.05, 4.69) is 64.1 Å². The van der Waals surface area contributed by atoms with Crippen molar-refractivity contribution in [3.05, 3.63) is 70.2 Å². The van der Waals surface area contributed by atoms with Gasteiger partial charge >= 0.3 is 0 Å². The molecule has 0 heterocycles.